The number of nitrogens with one attached hydrogen (secondary N) is 1. The van der Waals surface area contributed by atoms with Gasteiger partial charge in [-0.2, -0.15) is 0 Å². The van der Waals surface area contributed by atoms with Crippen LogP contribution in [0.4, 0.5) is 8.78 Å². The van der Waals surface area contributed by atoms with E-state index in [1.807, 2.05) is 32.0 Å². The molecule has 1 atom stereocenters. The maximum absolute atomic E-state index is 13.0. The Kier molecular flexibility index (Phi) is 32.2. The Morgan fingerprint density at radius 3 is 2.43 bits per heavy atom. The number of unbranched alkanes of at least 4 members (excludes halogenated alkanes) is 1. The number of thioether (sulfide) groups is 1. The minimum Gasteiger partial charge on any atom is -0.340 e. The number of hydrogen-bond acceptors (Lipinski definition) is 7. The van der Waals surface area contributed by atoms with E-state index in [0.717, 1.165) is 74.6 Å². The smallest absolute Gasteiger partial charge is 0.254 e. The van der Waals surface area contributed by atoms with Crippen LogP contribution >= 0.6 is 11.8 Å². The van der Waals surface area contributed by atoms with Crippen LogP contribution in [0.1, 0.15) is 99.3 Å². The second kappa shape index (κ2) is 30.7. The number of alkyl halides is 2. The molecule has 7 nitrogen and oxygen atoms in total. The first-order chi connectivity index (χ1) is 21.1. The fourth-order valence-electron chi connectivity index (χ4n) is 4.10. The lowest BCUT2D eigenvalue weighted by Crippen LogP contribution is -2.37. The van der Waals surface area contributed by atoms with Crippen molar-refractivity contribution in [2.24, 2.45) is 16.6 Å². The highest BCUT2D eigenvalue weighted by Crippen LogP contribution is 2.31. The second-order valence-corrected chi connectivity index (χ2v) is 11.4. The Labute approximate surface area is 272 Å². The zero-order chi connectivity index (χ0) is 34.4. The van der Waals surface area contributed by atoms with Gasteiger partial charge in [-0.15, -0.1) is 24.9 Å². The molecule has 256 valence electrons. The maximum atomic E-state index is 13.0. The molecule has 0 aliphatic carbocycles. The van der Waals surface area contributed by atoms with E-state index >= 15 is 0 Å². The summed E-state index contributed by atoms with van der Waals surface area (Å²) in [5.74, 6) is -2.22. The third kappa shape index (κ3) is 25.1. The SMILES string of the molecule is C/C1=C\CCC/C(CC=O)=C/N=CN1C.C=C.CC.CCCCC(C)CCN1CCC(SCC(C)(F)F)=C(NC=O)C1.CN. The van der Waals surface area contributed by atoms with Gasteiger partial charge in [0.2, 0.25) is 6.41 Å². The molecule has 2 aliphatic heterocycles. The van der Waals surface area contributed by atoms with Crippen LogP contribution in [0.2, 0.25) is 0 Å². The van der Waals surface area contributed by atoms with E-state index in [9.17, 15) is 18.4 Å². The average Bonchev–Trinajstić information content (AvgIpc) is 3.03. The monoisotopic (exact) mass is 643 g/mol. The highest BCUT2D eigenvalue weighted by molar-refractivity contribution is 8.03. The lowest BCUT2D eigenvalue weighted by molar-refractivity contribution is -0.109. The minimum absolute atomic E-state index is 0.236. The lowest BCUT2D eigenvalue weighted by Gasteiger charge is -2.31. The Balaban J connectivity index is -0.000000690. The third-order valence-corrected chi connectivity index (χ3v) is 8.09. The summed E-state index contributed by atoms with van der Waals surface area (Å²) < 4.78 is 26.1. The van der Waals surface area contributed by atoms with Crippen molar-refractivity contribution in [3.05, 3.63) is 47.3 Å². The molecule has 3 N–H and O–H groups in total. The van der Waals surface area contributed by atoms with Crippen LogP contribution in [-0.2, 0) is 9.59 Å². The number of rotatable bonds is 13. The van der Waals surface area contributed by atoms with Crippen molar-refractivity contribution in [1.29, 1.82) is 0 Å². The molecular formula is C34H63F2N5O2S. The molecule has 0 saturated heterocycles. The number of nitrogens with zero attached hydrogens (tertiary/aromatic N) is 3. The average molecular weight is 644 g/mol. The minimum atomic E-state index is -2.68. The zero-order valence-corrected chi connectivity index (χ0v) is 29.8. The van der Waals surface area contributed by atoms with Crippen LogP contribution in [-0.4, -0.2) is 74.2 Å². The number of aliphatic imine (C=N–C) groups is 1. The predicted molar refractivity (Wildman–Crippen MR) is 189 cm³/mol. The van der Waals surface area contributed by atoms with E-state index in [-0.39, 0.29) is 5.75 Å². The molecule has 2 rings (SSSR count). The van der Waals surface area contributed by atoms with E-state index < -0.39 is 5.92 Å². The van der Waals surface area contributed by atoms with Gasteiger partial charge in [0.05, 0.1) is 12.1 Å². The standard InChI is InChI=1S/C17H30F2N2OS.C12H18N2O.C2H6.C2H4.CH5N/c1-4-5-6-14(2)7-9-21-10-8-16(15(11-21)20-13-22)23-12-17(3,18)19;1-11-5-3-4-6-12(7-8-15)9-13-10-14(11)2;3*1-2/h13-14H,4-12H2,1-3H3,(H,20,22);5,8-10H,3-4,6-7H2,1-2H3;1-2H3;1-2H2;2H2,1H3/b;11-5+,12-9-,13-10?;;;. The molecule has 0 spiro atoms. The van der Waals surface area contributed by atoms with Crippen LogP contribution in [0, 0.1) is 5.92 Å². The molecule has 10 heteroatoms. The van der Waals surface area contributed by atoms with Crippen molar-refractivity contribution in [3.8, 4) is 0 Å². The number of amides is 1. The summed E-state index contributed by atoms with van der Waals surface area (Å²) in [4.78, 5) is 30.6. The van der Waals surface area contributed by atoms with Crippen LogP contribution in [0.25, 0.3) is 0 Å². The highest BCUT2D eigenvalue weighted by atomic mass is 32.2. The number of hydrogen-bond donors (Lipinski definition) is 2. The molecule has 44 heavy (non-hydrogen) atoms. The number of nitrogens with two attached hydrogens (primary N) is 1. The Bertz CT molecular complexity index is 857. The molecule has 1 unspecified atom stereocenters. The van der Waals surface area contributed by atoms with Gasteiger partial charge < -0.3 is 20.7 Å². The highest BCUT2D eigenvalue weighted by Gasteiger charge is 2.25. The lowest BCUT2D eigenvalue weighted by atomic mass is 10.0. The molecule has 2 aliphatic rings. The van der Waals surface area contributed by atoms with Crippen molar-refractivity contribution in [2.75, 3.05) is 39.5 Å². The summed E-state index contributed by atoms with van der Waals surface area (Å²) in [6, 6.07) is 0. The van der Waals surface area contributed by atoms with E-state index in [2.05, 4.69) is 60.9 Å². The van der Waals surface area contributed by atoms with E-state index in [1.54, 1.807) is 6.34 Å². The Morgan fingerprint density at radius 2 is 1.86 bits per heavy atom. The van der Waals surface area contributed by atoms with Crippen LogP contribution in [0.5, 0.6) is 0 Å². The van der Waals surface area contributed by atoms with Crippen LogP contribution in [0.15, 0.2) is 52.3 Å². The van der Waals surface area contributed by atoms with E-state index in [0.29, 0.717) is 25.3 Å². The molecule has 0 radical (unpaired) electrons. The first-order valence-corrected chi connectivity index (χ1v) is 16.9. The van der Waals surface area contributed by atoms with Crippen LogP contribution in [0.3, 0.4) is 0 Å². The Hall–Kier alpha value is -2.30. The quantitative estimate of drug-likeness (QED) is 0.155. The van der Waals surface area contributed by atoms with Crippen molar-refractivity contribution >= 4 is 30.8 Å². The zero-order valence-electron chi connectivity index (χ0n) is 29.0. The molecule has 0 saturated carbocycles. The number of carbonyl (C=O) groups excluding carboxylic acids is 2. The van der Waals surface area contributed by atoms with Crippen LogP contribution < -0.4 is 11.1 Å². The molecular weight excluding hydrogens is 580 g/mol. The molecule has 0 fully saturated rings. The predicted octanol–water partition coefficient (Wildman–Crippen LogP) is 8.16. The summed E-state index contributed by atoms with van der Waals surface area (Å²) in [7, 11) is 3.48. The molecule has 2 heterocycles. The van der Waals surface area contributed by atoms with Gasteiger partial charge in [-0.25, -0.2) is 13.8 Å². The van der Waals surface area contributed by atoms with E-state index in [4.69, 9.17) is 0 Å². The summed E-state index contributed by atoms with van der Waals surface area (Å²) >= 11 is 1.17. The van der Waals surface area contributed by atoms with Gasteiger partial charge in [-0.1, -0.05) is 53.0 Å². The number of aldehydes is 1. The van der Waals surface area contributed by atoms with Crippen molar-refractivity contribution in [1.82, 2.24) is 15.1 Å². The largest absolute Gasteiger partial charge is 0.340 e. The first kappa shape index (κ1) is 46.1. The van der Waals surface area contributed by atoms with Gasteiger partial charge in [0.15, 0.2) is 0 Å². The third-order valence-electron chi connectivity index (χ3n) is 6.64. The van der Waals surface area contributed by atoms with Gasteiger partial charge in [0, 0.05) is 56.0 Å². The van der Waals surface area contributed by atoms with Gasteiger partial charge in [0.1, 0.15) is 6.29 Å². The normalized spacial score (nSPS) is 18.4. The molecule has 0 aromatic heterocycles. The summed E-state index contributed by atoms with van der Waals surface area (Å²) in [6.45, 7) is 20.0. The topological polar surface area (TPSA) is 91.0 Å². The fourth-order valence-corrected chi connectivity index (χ4v) is 5.06. The molecule has 0 bridgehead atoms. The van der Waals surface area contributed by atoms with E-state index in [1.165, 1.54) is 43.8 Å². The number of allylic oxidation sites excluding steroid dienone is 3. The van der Waals surface area contributed by atoms with Gasteiger partial charge >= 0.3 is 0 Å². The Morgan fingerprint density at radius 1 is 1.20 bits per heavy atom. The van der Waals surface area contributed by atoms with Gasteiger partial charge in [-0.3, -0.25) is 9.69 Å². The summed E-state index contributed by atoms with van der Waals surface area (Å²) in [6.07, 6.45) is 16.6. The van der Waals surface area contributed by atoms with Crippen molar-refractivity contribution < 1.29 is 18.4 Å². The number of carbonyl (C=O) groups is 2. The summed E-state index contributed by atoms with van der Waals surface area (Å²) in [5.41, 5.74) is 7.62. The first-order valence-electron chi connectivity index (χ1n) is 15.9. The maximum Gasteiger partial charge on any atom is 0.254 e. The van der Waals surface area contributed by atoms with Gasteiger partial charge in [0.25, 0.3) is 5.92 Å². The summed E-state index contributed by atoms with van der Waals surface area (Å²) in [5, 5.41) is 2.71. The second-order valence-electron chi connectivity index (χ2n) is 10.4. The van der Waals surface area contributed by atoms with Crippen molar-refractivity contribution in [3.63, 3.8) is 0 Å². The fraction of sp³-hybridized carbons (Fsp3) is 0.676. The molecule has 1 amide bonds. The van der Waals surface area contributed by atoms with Crippen molar-refractivity contribution in [2.45, 2.75) is 105 Å². The molecule has 0 aromatic rings. The molecule has 0 aromatic carbocycles. The number of halogens is 2. The van der Waals surface area contributed by atoms with Gasteiger partial charge in [-0.05, 0) is 64.1 Å².